The van der Waals surface area contributed by atoms with Gasteiger partial charge in [-0.05, 0) is 19.9 Å². The van der Waals surface area contributed by atoms with Crippen molar-refractivity contribution >= 4 is 22.9 Å². The normalized spacial score (nSPS) is 25.2. The minimum atomic E-state index is -0.345. The maximum absolute atomic E-state index is 12.2. The molecule has 0 saturated carbocycles. The molecule has 3 atom stereocenters. The Hall–Kier alpha value is -1.45. The number of nitrogens with zero attached hydrogens (tertiary/aromatic N) is 2. The van der Waals surface area contributed by atoms with Crippen molar-refractivity contribution in [1.82, 2.24) is 10.3 Å². The van der Waals surface area contributed by atoms with Crippen LogP contribution in [0.2, 0.25) is 0 Å². The molecule has 0 aliphatic carbocycles. The first-order valence-corrected chi connectivity index (χ1v) is 6.48. The number of hydrogen-bond donors (Lipinski definition) is 2. The molecule has 1 saturated heterocycles. The van der Waals surface area contributed by atoms with Crippen LogP contribution in [0.4, 0.5) is 5.82 Å². The number of anilines is 1. The molecule has 17 heavy (non-hydrogen) atoms. The average molecular weight is 250 g/mol. The fourth-order valence-corrected chi connectivity index (χ4v) is 2.54. The van der Waals surface area contributed by atoms with Gasteiger partial charge in [-0.1, -0.05) is 0 Å². The van der Waals surface area contributed by atoms with Crippen LogP contribution in [0.25, 0.3) is 0 Å². The highest BCUT2D eigenvalue weighted by atomic mass is 32.1. The highest BCUT2D eigenvalue weighted by molar-refractivity contribution is 7.07. The van der Waals surface area contributed by atoms with Crippen LogP contribution in [0.1, 0.15) is 13.3 Å². The Morgan fingerprint density at radius 2 is 2.65 bits per heavy atom. The zero-order valence-corrected chi connectivity index (χ0v) is 10.3. The van der Waals surface area contributed by atoms with E-state index >= 15 is 0 Å². The zero-order chi connectivity index (χ0) is 12.3. The van der Waals surface area contributed by atoms with Crippen molar-refractivity contribution < 1.29 is 4.79 Å². The first-order valence-electron chi connectivity index (χ1n) is 5.54. The quantitative estimate of drug-likeness (QED) is 0.834. The molecule has 5 nitrogen and oxygen atoms in total. The Balaban J connectivity index is 1.97. The molecular formula is C11H14N4OS. The smallest absolute Gasteiger partial charge is 0.160 e. The Bertz CT molecular complexity index is 425. The number of Topliss-reactive ketones (excluding diaryl/α,β-unsaturated/α-hetero) is 1. The lowest BCUT2D eigenvalue weighted by molar-refractivity contribution is -0.123. The maximum Gasteiger partial charge on any atom is 0.160 e. The molecule has 1 aliphatic heterocycles. The third kappa shape index (κ3) is 2.62. The molecule has 0 bridgehead atoms. The Kier molecular flexibility index (Phi) is 3.71. The van der Waals surface area contributed by atoms with Gasteiger partial charge in [0.15, 0.2) is 5.78 Å². The van der Waals surface area contributed by atoms with Crippen LogP contribution >= 0.6 is 11.3 Å². The van der Waals surface area contributed by atoms with E-state index in [1.807, 2.05) is 12.3 Å². The molecule has 0 aromatic carbocycles. The number of ketones is 1. The summed E-state index contributed by atoms with van der Waals surface area (Å²) in [5.41, 5.74) is 1.72. The summed E-state index contributed by atoms with van der Waals surface area (Å²) in [6.45, 7) is 2.55. The van der Waals surface area contributed by atoms with Crippen LogP contribution < -0.4 is 10.6 Å². The van der Waals surface area contributed by atoms with Gasteiger partial charge in [0.2, 0.25) is 0 Å². The fraction of sp³-hybridized carbons (Fsp3) is 0.545. The SMILES string of the molecule is C[C@H](Nc1cscn1)C(=O)C1CCNC1C#N. The Labute approximate surface area is 104 Å². The predicted octanol–water partition coefficient (Wildman–Crippen LogP) is 1.01. The number of carbonyl (C=O) groups excluding carboxylic acids is 1. The number of aromatic nitrogens is 1. The minimum absolute atomic E-state index is 0.0783. The monoisotopic (exact) mass is 250 g/mol. The van der Waals surface area contributed by atoms with E-state index in [9.17, 15) is 4.79 Å². The highest BCUT2D eigenvalue weighted by Crippen LogP contribution is 2.19. The second-order valence-corrected chi connectivity index (χ2v) is 4.82. The lowest BCUT2D eigenvalue weighted by Gasteiger charge is -2.18. The summed E-state index contributed by atoms with van der Waals surface area (Å²) in [4.78, 5) is 16.2. The van der Waals surface area contributed by atoms with Crippen LogP contribution in [0, 0.1) is 17.2 Å². The van der Waals surface area contributed by atoms with Crippen molar-refractivity contribution in [3.63, 3.8) is 0 Å². The molecular weight excluding hydrogens is 236 g/mol. The van der Waals surface area contributed by atoms with Crippen LogP contribution in [0.3, 0.4) is 0 Å². The van der Waals surface area contributed by atoms with Crippen molar-refractivity contribution in [2.45, 2.75) is 25.4 Å². The van der Waals surface area contributed by atoms with Crippen molar-refractivity contribution in [2.75, 3.05) is 11.9 Å². The number of hydrogen-bond acceptors (Lipinski definition) is 6. The van der Waals surface area contributed by atoms with Gasteiger partial charge in [0.05, 0.1) is 17.6 Å². The first-order chi connectivity index (χ1) is 8.22. The van der Waals surface area contributed by atoms with Crippen LogP contribution in [0.5, 0.6) is 0 Å². The van der Waals surface area contributed by atoms with Gasteiger partial charge < -0.3 is 10.6 Å². The third-order valence-corrected chi connectivity index (χ3v) is 3.54. The summed E-state index contributed by atoms with van der Waals surface area (Å²) in [7, 11) is 0. The number of nitriles is 1. The summed E-state index contributed by atoms with van der Waals surface area (Å²) < 4.78 is 0. The number of thiazole rings is 1. The summed E-state index contributed by atoms with van der Waals surface area (Å²) in [6, 6.07) is 1.48. The molecule has 1 fully saturated rings. The molecule has 6 heteroatoms. The zero-order valence-electron chi connectivity index (χ0n) is 9.51. The van der Waals surface area contributed by atoms with E-state index in [2.05, 4.69) is 21.7 Å². The topological polar surface area (TPSA) is 77.8 Å². The van der Waals surface area contributed by atoms with E-state index in [-0.39, 0.29) is 23.8 Å². The maximum atomic E-state index is 12.2. The van der Waals surface area contributed by atoms with Gasteiger partial charge in [0, 0.05) is 11.3 Å². The van der Waals surface area contributed by atoms with Crippen molar-refractivity contribution in [3.8, 4) is 6.07 Å². The summed E-state index contributed by atoms with van der Waals surface area (Å²) in [5.74, 6) is 0.589. The molecule has 0 amide bonds. The average Bonchev–Trinajstić information content (AvgIpc) is 2.97. The van der Waals surface area contributed by atoms with Crippen molar-refractivity contribution in [3.05, 3.63) is 10.9 Å². The summed E-state index contributed by atoms with van der Waals surface area (Å²) in [5, 5.41) is 16.9. The van der Waals surface area contributed by atoms with E-state index in [4.69, 9.17) is 5.26 Å². The molecule has 0 radical (unpaired) electrons. The lowest BCUT2D eigenvalue weighted by atomic mass is 9.92. The van der Waals surface area contributed by atoms with Gasteiger partial charge >= 0.3 is 0 Å². The van der Waals surface area contributed by atoms with Gasteiger partial charge in [-0.15, -0.1) is 11.3 Å². The summed E-state index contributed by atoms with van der Waals surface area (Å²) >= 11 is 1.48. The molecule has 2 heterocycles. The first kappa shape index (κ1) is 12.0. The van der Waals surface area contributed by atoms with Crippen molar-refractivity contribution in [2.24, 2.45) is 5.92 Å². The summed E-state index contributed by atoms with van der Waals surface area (Å²) in [6.07, 6.45) is 0.736. The standard InChI is InChI=1S/C11H14N4OS/c1-7(15-10-5-17-6-14-10)11(16)8-2-3-13-9(8)4-12/h5-9,13,15H,2-3H2,1H3/t7-,8?,9?/m0/s1. The molecule has 1 aromatic rings. The molecule has 0 spiro atoms. The lowest BCUT2D eigenvalue weighted by Crippen LogP contribution is -2.38. The van der Waals surface area contributed by atoms with Crippen LogP contribution in [-0.4, -0.2) is 29.4 Å². The predicted molar refractivity (Wildman–Crippen MR) is 65.7 cm³/mol. The van der Waals surface area contributed by atoms with E-state index in [1.54, 1.807) is 5.51 Å². The largest absolute Gasteiger partial charge is 0.360 e. The molecule has 90 valence electrons. The minimum Gasteiger partial charge on any atom is -0.360 e. The molecule has 1 aromatic heterocycles. The van der Waals surface area contributed by atoms with Crippen LogP contribution in [0.15, 0.2) is 10.9 Å². The van der Waals surface area contributed by atoms with E-state index in [0.29, 0.717) is 0 Å². The Morgan fingerprint density at radius 3 is 3.29 bits per heavy atom. The molecule has 1 aliphatic rings. The third-order valence-electron chi connectivity index (χ3n) is 2.95. The number of nitrogens with one attached hydrogen (secondary N) is 2. The fourth-order valence-electron chi connectivity index (χ4n) is 2.04. The molecule has 2 rings (SSSR count). The van der Waals surface area contributed by atoms with Gasteiger partial charge in [-0.3, -0.25) is 4.79 Å². The molecule has 2 unspecified atom stereocenters. The van der Waals surface area contributed by atoms with E-state index < -0.39 is 0 Å². The Morgan fingerprint density at radius 1 is 1.82 bits per heavy atom. The second-order valence-electron chi connectivity index (χ2n) is 4.10. The van der Waals surface area contributed by atoms with Gasteiger partial charge in [-0.25, -0.2) is 4.98 Å². The van der Waals surface area contributed by atoms with Gasteiger partial charge in [-0.2, -0.15) is 5.26 Å². The van der Waals surface area contributed by atoms with E-state index in [1.165, 1.54) is 11.3 Å². The van der Waals surface area contributed by atoms with E-state index in [0.717, 1.165) is 18.8 Å². The van der Waals surface area contributed by atoms with Crippen LogP contribution in [-0.2, 0) is 4.79 Å². The van der Waals surface area contributed by atoms with Crippen molar-refractivity contribution in [1.29, 1.82) is 5.26 Å². The number of rotatable bonds is 4. The van der Waals surface area contributed by atoms with Gasteiger partial charge in [0.1, 0.15) is 11.9 Å². The number of carbonyl (C=O) groups is 1. The van der Waals surface area contributed by atoms with Gasteiger partial charge in [0.25, 0.3) is 0 Å². The molecule has 2 N–H and O–H groups in total. The highest BCUT2D eigenvalue weighted by Gasteiger charge is 2.35. The second kappa shape index (κ2) is 5.25.